The number of hydrogen-bond donors (Lipinski definition) is 0. The monoisotopic (exact) mass is 191 g/mol. The Morgan fingerprint density at radius 2 is 1.86 bits per heavy atom. The molecule has 0 aliphatic rings. The number of hydrogen-bond acceptors (Lipinski definition) is 2. The molecule has 0 fully saturated rings. The van der Waals surface area contributed by atoms with E-state index in [2.05, 4.69) is 13.8 Å². The van der Waals surface area contributed by atoms with E-state index in [1.807, 2.05) is 24.3 Å². The molecule has 3 heteroatoms. The molecule has 0 aromatic heterocycles. The summed E-state index contributed by atoms with van der Waals surface area (Å²) >= 11 is 0. The fourth-order valence-electron chi connectivity index (χ4n) is 1.14. The van der Waals surface area contributed by atoms with E-state index in [9.17, 15) is 10.1 Å². The first-order valence-electron chi connectivity index (χ1n) is 4.51. The molecule has 1 aromatic rings. The van der Waals surface area contributed by atoms with Gasteiger partial charge in [0.05, 0.1) is 4.92 Å². The second-order valence-corrected chi connectivity index (χ2v) is 3.42. The van der Waals surface area contributed by atoms with Gasteiger partial charge in [0, 0.05) is 6.08 Å². The van der Waals surface area contributed by atoms with E-state index in [-0.39, 0.29) is 0 Å². The lowest BCUT2D eigenvalue weighted by Crippen LogP contribution is -1.86. The van der Waals surface area contributed by atoms with Crippen LogP contribution in [0.4, 0.5) is 0 Å². The van der Waals surface area contributed by atoms with Gasteiger partial charge in [-0.3, -0.25) is 10.1 Å². The lowest BCUT2D eigenvalue weighted by molar-refractivity contribution is -0.400. The highest BCUT2D eigenvalue weighted by Crippen LogP contribution is 2.15. The number of nitrogens with zero attached hydrogens (tertiary/aromatic N) is 1. The smallest absolute Gasteiger partial charge is 0.235 e. The van der Waals surface area contributed by atoms with Crippen LogP contribution in [0, 0.1) is 10.1 Å². The zero-order valence-electron chi connectivity index (χ0n) is 8.31. The summed E-state index contributed by atoms with van der Waals surface area (Å²) in [6.45, 7) is 4.23. The molecule has 1 rings (SSSR count). The Morgan fingerprint density at radius 3 is 2.29 bits per heavy atom. The van der Waals surface area contributed by atoms with E-state index in [4.69, 9.17) is 0 Å². The summed E-state index contributed by atoms with van der Waals surface area (Å²) in [5.41, 5.74) is 2.09. The molecule has 0 heterocycles. The molecular weight excluding hydrogens is 178 g/mol. The zero-order valence-corrected chi connectivity index (χ0v) is 8.31. The molecule has 0 saturated carbocycles. The molecule has 3 nitrogen and oxygen atoms in total. The highest BCUT2D eigenvalue weighted by atomic mass is 16.6. The number of nitro groups is 1. The fourth-order valence-corrected chi connectivity index (χ4v) is 1.14. The molecule has 0 unspecified atom stereocenters. The van der Waals surface area contributed by atoms with Crippen LogP contribution in [0.25, 0.3) is 6.08 Å². The normalized spacial score (nSPS) is 11.1. The van der Waals surface area contributed by atoms with E-state index in [1.165, 1.54) is 11.6 Å². The van der Waals surface area contributed by atoms with Gasteiger partial charge in [-0.15, -0.1) is 0 Å². The summed E-state index contributed by atoms with van der Waals surface area (Å²) in [4.78, 5) is 9.60. The lowest BCUT2D eigenvalue weighted by atomic mass is 10.0. The maximum atomic E-state index is 10.1. The molecule has 0 saturated heterocycles. The largest absolute Gasteiger partial charge is 0.259 e. The molecule has 0 N–H and O–H groups in total. The minimum atomic E-state index is -0.462. The predicted octanol–water partition coefficient (Wildman–Crippen LogP) is 3.06. The average Bonchev–Trinajstić information content (AvgIpc) is 2.15. The first-order chi connectivity index (χ1) is 6.59. The summed E-state index contributed by atoms with van der Waals surface area (Å²) in [5, 5.41) is 10.1. The molecular formula is C11H13NO2. The minimum Gasteiger partial charge on any atom is -0.259 e. The Hall–Kier alpha value is -1.64. The molecule has 0 aliphatic carbocycles. The van der Waals surface area contributed by atoms with Gasteiger partial charge < -0.3 is 0 Å². The van der Waals surface area contributed by atoms with Crippen molar-refractivity contribution in [1.82, 2.24) is 0 Å². The Morgan fingerprint density at radius 1 is 1.29 bits per heavy atom. The second-order valence-electron chi connectivity index (χ2n) is 3.42. The van der Waals surface area contributed by atoms with Crippen molar-refractivity contribution < 1.29 is 4.92 Å². The number of rotatable bonds is 3. The van der Waals surface area contributed by atoms with Crippen LogP contribution in [-0.4, -0.2) is 4.92 Å². The van der Waals surface area contributed by atoms with Crippen LogP contribution in [0.1, 0.15) is 30.9 Å². The maximum Gasteiger partial charge on any atom is 0.235 e. The molecule has 0 spiro atoms. The molecule has 0 bridgehead atoms. The molecule has 1 aromatic carbocycles. The Bertz CT molecular complexity index is 339. The highest BCUT2D eigenvalue weighted by molar-refractivity contribution is 5.48. The Labute approximate surface area is 83.2 Å². The van der Waals surface area contributed by atoms with Crippen LogP contribution in [-0.2, 0) is 0 Å². The van der Waals surface area contributed by atoms with Gasteiger partial charge in [-0.25, -0.2) is 0 Å². The predicted molar refractivity (Wildman–Crippen MR) is 56.6 cm³/mol. The van der Waals surface area contributed by atoms with Gasteiger partial charge in [0.25, 0.3) is 0 Å². The van der Waals surface area contributed by atoms with Crippen molar-refractivity contribution >= 4 is 6.08 Å². The molecule has 74 valence electrons. The van der Waals surface area contributed by atoms with Crippen molar-refractivity contribution in [2.45, 2.75) is 19.8 Å². The van der Waals surface area contributed by atoms with Crippen LogP contribution < -0.4 is 0 Å². The van der Waals surface area contributed by atoms with Crippen LogP contribution >= 0.6 is 0 Å². The van der Waals surface area contributed by atoms with Gasteiger partial charge in [0.15, 0.2) is 0 Å². The first-order valence-corrected chi connectivity index (χ1v) is 4.51. The van der Waals surface area contributed by atoms with Gasteiger partial charge in [-0.1, -0.05) is 38.1 Å². The summed E-state index contributed by atoms with van der Waals surface area (Å²) in [7, 11) is 0. The quantitative estimate of drug-likeness (QED) is 0.544. The maximum absolute atomic E-state index is 10.1. The van der Waals surface area contributed by atoms with E-state index >= 15 is 0 Å². The SMILES string of the molecule is CC(C)c1ccc(/C=C/[N+](=O)[O-])cc1. The second kappa shape index (κ2) is 4.56. The van der Waals surface area contributed by atoms with E-state index in [1.54, 1.807) is 0 Å². The zero-order chi connectivity index (χ0) is 10.6. The highest BCUT2D eigenvalue weighted by Gasteiger charge is 1.97. The Kier molecular flexibility index (Phi) is 3.40. The fraction of sp³-hybridized carbons (Fsp3) is 0.273. The third-order valence-corrected chi connectivity index (χ3v) is 1.99. The van der Waals surface area contributed by atoms with E-state index in [0.29, 0.717) is 5.92 Å². The van der Waals surface area contributed by atoms with Crippen LogP contribution in [0.5, 0.6) is 0 Å². The Balaban J connectivity index is 2.78. The third-order valence-electron chi connectivity index (χ3n) is 1.99. The molecule has 0 amide bonds. The average molecular weight is 191 g/mol. The van der Waals surface area contributed by atoms with Gasteiger partial charge in [-0.05, 0) is 17.0 Å². The summed E-state index contributed by atoms with van der Waals surface area (Å²) in [6.07, 6.45) is 2.44. The first kappa shape index (κ1) is 10.4. The lowest BCUT2D eigenvalue weighted by Gasteiger charge is -2.03. The standard InChI is InChI=1S/C11H13NO2/c1-9(2)11-5-3-10(4-6-11)7-8-12(13)14/h3-9H,1-2H3/b8-7+. The van der Waals surface area contributed by atoms with Crippen molar-refractivity contribution in [2.24, 2.45) is 0 Å². The van der Waals surface area contributed by atoms with Gasteiger partial charge in [0.1, 0.15) is 0 Å². The molecule has 14 heavy (non-hydrogen) atoms. The van der Waals surface area contributed by atoms with E-state index < -0.39 is 4.92 Å². The van der Waals surface area contributed by atoms with Crippen molar-refractivity contribution in [3.05, 3.63) is 51.7 Å². The van der Waals surface area contributed by atoms with Gasteiger partial charge in [0.2, 0.25) is 6.20 Å². The summed E-state index contributed by atoms with van der Waals surface area (Å²) in [6, 6.07) is 7.75. The van der Waals surface area contributed by atoms with E-state index in [0.717, 1.165) is 11.8 Å². The van der Waals surface area contributed by atoms with Crippen molar-refractivity contribution in [3.63, 3.8) is 0 Å². The van der Waals surface area contributed by atoms with Gasteiger partial charge in [-0.2, -0.15) is 0 Å². The molecule has 0 atom stereocenters. The summed E-state index contributed by atoms with van der Waals surface area (Å²) < 4.78 is 0. The third kappa shape index (κ3) is 3.01. The molecule has 0 aliphatic heterocycles. The van der Waals surface area contributed by atoms with Crippen LogP contribution in [0.2, 0.25) is 0 Å². The van der Waals surface area contributed by atoms with Crippen molar-refractivity contribution in [2.75, 3.05) is 0 Å². The van der Waals surface area contributed by atoms with Gasteiger partial charge >= 0.3 is 0 Å². The van der Waals surface area contributed by atoms with Crippen LogP contribution in [0.3, 0.4) is 0 Å². The van der Waals surface area contributed by atoms with Crippen molar-refractivity contribution in [3.8, 4) is 0 Å². The summed E-state index contributed by atoms with van der Waals surface area (Å²) in [5.74, 6) is 0.489. The minimum absolute atomic E-state index is 0.462. The number of benzene rings is 1. The van der Waals surface area contributed by atoms with Crippen LogP contribution in [0.15, 0.2) is 30.5 Å². The van der Waals surface area contributed by atoms with Crippen molar-refractivity contribution in [1.29, 1.82) is 0 Å². The topological polar surface area (TPSA) is 43.1 Å². The molecule has 0 radical (unpaired) electrons.